The highest BCUT2D eigenvalue weighted by atomic mass is 16.6. The Morgan fingerprint density at radius 2 is 2.00 bits per heavy atom. The number of aliphatic imine (C=N–C) groups is 1. The van der Waals surface area contributed by atoms with E-state index in [1.807, 2.05) is 0 Å². The number of ether oxygens (including phenoxy) is 2. The molecule has 2 rings (SSSR count). The molecule has 25 heavy (non-hydrogen) atoms. The van der Waals surface area contributed by atoms with Crippen molar-refractivity contribution < 1.29 is 34.4 Å². The number of aliphatic hydroxyl groups is 2. The number of guanidine groups is 1. The number of rotatable bonds is 4. The highest BCUT2D eigenvalue weighted by Gasteiger charge is 2.47. The van der Waals surface area contributed by atoms with E-state index in [0.717, 1.165) is 6.08 Å². The predicted molar refractivity (Wildman–Crippen MR) is 84.2 cm³/mol. The molecule has 0 bridgehead atoms. The smallest absolute Gasteiger partial charge is 0.370 e. The molecule has 1 fully saturated rings. The first-order valence-corrected chi connectivity index (χ1v) is 7.66. The number of nitrogens with zero attached hydrogens (tertiary/aromatic N) is 1. The Balaban J connectivity index is 2.42. The van der Waals surface area contributed by atoms with E-state index in [9.17, 15) is 24.9 Å². The fourth-order valence-electron chi connectivity index (χ4n) is 2.90. The van der Waals surface area contributed by atoms with Crippen molar-refractivity contribution in [2.45, 2.75) is 49.8 Å². The SMILES string of the molecule is CC(=O)N[C@H]1[C@H]([C@@H]2OCC[C@@H](O)[C@H]2O)OC(C(=O)O)=C[C@@H]1N=C(N)N. The minimum Gasteiger partial charge on any atom is -0.478 e. The Hall–Kier alpha value is -2.37. The van der Waals surface area contributed by atoms with E-state index in [0.29, 0.717) is 0 Å². The van der Waals surface area contributed by atoms with Gasteiger partial charge in [0.2, 0.25) is 11.7 Å². The minimum absolute atomic E-state index is 0.134. The van der Waals surface area contributed by atoms with Gasteiger partial charge in [0.1, 0.15) is 12.2 Å². The van der Waals surface area contributed by atoms with Crippen LogP contribution in [0.4, 0.5) is 0 Å². The van der Waals surface area contributed by atoms with Gasteiger partial charge in [-0.05, 0) is 12.5 Å². The third kappa shape index (κ3) is 4.38. The van der Waals surface area contributed by atoms with Gasteiger partial charge in [0.05, 0.1) is 18.2 Å². The fraction of sp³-hybridized carbons (Fsp3) is 0.643. The van der Waals surface area contributed by atoms with Gasteiger partial charge in [-0.1, -0.05) is 0 Å². The summed E-state index contributed by atoms with van der Waals surface area (Å²) in [5.41, 5.74) is 10.8. The van der Waals surface area contributed by atoms with Crippen LogP contribution in [0.2, 0.25) is 0 Å². The average Bonchev–Trinajstić information content (AvgIpc) is 2.50. The first-order chi connectivity index (χ1) is 11.7. The number of aliphatic carboxylic acids is 1. The molecule has 0 radical (unpaired) electrons. The van der Waals surface area contributed by atoms with E-state index < -0.39 is 54.1 Å². The van der Waals surface area contributed by atoms with E-state index in [-0.39, 0.29) is 19.0 Å². The zero-order chi connectivity index (χ0) is 18.7. The molecule has 0 aromatic rings. The van der Waals surface area contributed by atoms with Gasteiger partial charge in [-0.3, -0.25) is 4.79 Å². The second-order valence-electron chi connectivity index (χ2n) is 5.87. The average molecular weight is 358 g/mol. The number of hydrogen-bond donors (Lipinski definition) is 6. The third-order valence-electron chi connectivity index (χ3n) is 3.96. The lowest BCUT2D eigenvalue weighted by atomic mass is 9.88. The zero-order valence-corrected chi connectivity index (χ0v) is 13.5. The number of carboxylic acids is 1. The van der Waals surface area contributed by atoms with Crippen molar-refractivity contribution in [2.24, 2.45) is 16.5 Å². The van der Waals surface area contributed by atoms with Gasteiger partial charge in [0.25, 0.3) is 0 Å². The monoisotopic (exact) mass is 358 g/mol. The highest BCUT2D eigenvalue weighted by molar-refractivity contribution is 5.85. The summed E-state index contributed by atoms with van der Waals surface area (Å²) in [6.45, 7) is 1.39. The van der Waals surface area contributed by atoms with Crippen LogP contribution in [0.1, 0.15) is 13.3 Å². The number of amides is 1. The lowest BCUT2D eigenvalue weighted by Gasteiger charge is -2.43. The molecule has 2 heterocycles. The molecule has 0 spiro atoms. The molecule has 0 aliphatic carbocycles. The van der Waals surface area contributed by atoms with Crippen molar-refractivity contribution in [3.63, 3.8) is 0 Å². The number of nitrogens with one attached hydrogen (secondary N) is 1. The number of aliphatic hydroxyl groups excluding tert-OH is 2. The summed E-state index contributed by atoms with van der Waals surface area (Å²) in [7, 11) is 0. The predicted octanol–water partition coefficient (Wildman–Crippen LogP) is -2.99. The van der Waals surface area contributed by atoms with Gasteiger partial charge in [-0.2, -0.15) is 0 Å². The number of nitrogens with two attached hydrogens (primary N) is 2. The van der Waals surface area contributed by atoms with Gasteiger partial charge in [-0.15, -0.1) is 0 Å². The molecule has 2 aliphatic heterocycles. The number of carbonyl (C=O) groups is 2. The fourth-order valence-corrected chi connectivity index (χ4v) is 2.90. The first-order valence-electron chi connectivity index (χ1n) is 7.66. The van der Waals surface area contributed by atoms with Crippen LogP contribution in [0.3, 0.4) is 0 Å². The molecule has 1 amide bonds. The number of hydrogen-bond acceptors (Lipinski definition) is 7. The summed E-state index contributed by atoms with van der Waals surface area (Å²) in [4.78, 5) is 26.8. The Bertz CT molecular complexity index is 590. The second-order valence-corrected chi connectivity index (χ2v) is 5.87. The van der Waals surface area contributed by atoms with Crippen molar-refractivity contribution in [1.29, 1.82) is 0 Å². The normalized spacial score (nSPS) is 35.1. The van der Waals surface area contributed by atoms with Crippen LogP contribution in [0.15, 0.2) is 16.8 Å². The maximum atomic E-state index is 11.6. The van der Waals surface area contributed by atoms with Crippen molar-refractivity contribution in [3.05, 3.63) is 11.8 Å². The maximum Gasteiger partial charge on any atom is 0.370 e. The Morgan fingerprint density at radius 3 is 2.56 bits per heavy atom. The van der Waals surface area contributed by atoms with Gasteiger partial charge in [-0.25, -0.2) is 9.79 Å². The maximum absolute atomic E-state index is 11.6. The molecule has 2 aliphatic rings. The third-order valence-corrected chi connectivity index (χ3v) is 3.96. The van der Waals surface area contributed by atoms with Crippen molar-refractivity contribution in [2.75, 3.05) is 6.61 Å². The molecule has 140 valence electrons. The van der Waals surface area contributed by atoms with E-state index in [4.69, 9.17) is 20.9 Å². The standard InChI is InChI=1S/C14H22N4O7/c1-5(19)17-9-6(18-14(15)16)4-8(13(22)23)25-11(9)12-10(21)7(20)2-3-24-12/h4,6-7,9-12,20-21H,2-3H2,1H3,(H,17,19)(H,22,23)(H4,15,16,18)/t6-,7+,9+,10+,11+,12+/m0/s1. The number of carboxylic acid groups (broad SMARTS) is 1. The summed E-state index contributed by atoms with van der Waals surface area (Å²) in [5, 5.41) is 31.9. The molecule has 0 unspecified atom stereocenters. The van der Waals surface area contributed by atoms with Crippen LogP contribution in [0, 0.1) is 0 Å². The Morgan fingerprint density at radius 1 is 1.32 bits per heavy atom. The van der Waals surface area contributed by atoms with Gasteiger partial charge < -0.3 is 41.6 Å². The van der Waals surface area contributed by atoms with E-state index in [2.05, 4.69) is 10.3 Å². The summed E-state index contributed by atoms with van der Waals surface area (Å²) in [6.07, 6.45) is -3.23. The summed E-state index contributed by atoms with van der Waals surface area (Å²) < 4.78 is 10.9. The zero-order valence-electron chi connectivity index (χ0n) is 13.5. The van der Waals surface area contributed by atoms with Crippen molar-refractivity contribution >= 4 is 17.8 Å². The van der Waals surface area contributed by atoms with Crippen LogP contribution in [0.5, 0.6) is 0 Å². The molecule has 8 N–H and O–H groups in total. The molecule has 1 saturated heterocycles. The van der Waals surface area contributed by atoms with Gasteiger partial charge >= 0.3 is 5.97 Å². The largest absolute Gasteiger partial charge is 0.478 e. The van der Waals surface area contributed by atoms with E-state index in [1.165, 1.54) is 6.92 Å². The van der Waals surface area contributed by atoms with Crippen LogP contribution < -0.4 is 16.8 Å². The van der Waals surface area contributed by atoms with Gasteiger partial charge in [0, 0.05) is 13.5 Å². The molecule has 0 aromatic heterocycles. The van der Waals surface area contributed by atoms with Crippen LogP contribution in [-0.2, 0) is 19.1 Å². The first kappa shape index (κ1) is 19.0. The highest BCUT2D eigenvalue weighted by Crippen LogP contribution is 2.29. The van der Waals surface area contributed by atoms with E-state index >= 15 is 0 Å². The van der Waals surface area contributed by atoms with Crippen LogP contribution in [-0.4, -0.2) is 76.3 Å². The lowest BCUT2D eigenvalue weighted by Crippen LogP contribution is -2.62. The summed E-state index contributed by atoms with van der Waals surface area (Å²) >= 11 is 0. The Labute approximate surface area is 143 Å². The minimum atomic E-state index is -1.37. The molecule has 6 atom stereocenters. The topological polar surface area (TPSA) is 190 Å². The second kappa shape index (κ2) is 7.68. The number of carbonyl (C=O) groups excluding carboxylic acids is 1. The van der Waals surface area contributed by atoms with Crippen molar-refractivity contribution in [1.82, 2.24) is 5.32 Å². The molecule has 11 heteroatoms. The summed E-state index contributed by atoms with van der Waals surface area (Å²) in [5.74, 6) is -2.56. The van der Waals surface area contributed by atoms with Gasteiger partial charge in [0.15, 0.2) is 12.1 Å². The molecule has 0 saturated carbocycles. The molecular formula is C14H22N4O7. The lowest BCUT2D eigenvalue weighted by molar-refractivity contribution is -0.185. The van der Waals surface area contributed by atoms with Crippen molar-refractivity contribution in [3.8, 4) is 0 Å². The molecule has 11 nitrogen and oxygen atoms in total. The quantitative estimate of drug-likeness (QED) is 0.225. The van der Waals surface area contributed by atoms with Crippen LogP contribution in [0.25, 0.3) is 0 Å². The molecule has 0 aromatic carbocycles. The van der Waals surface area contributed by atoms with Crippen LogP contribution >= 0.6 is 0 Å². The Kier molecular flexibility index (Phi) is 5.82. The molecular weight excluding hydrogens is 336 g/mol. The van der Waals surface area contributed by atoms with E-state index in [1.54, 1.807) is 0 Å². The summed E-state index contributed by atoms with van der Waals surface area (Å²) in [6, 6.07) is -1.86.